The number of Topliss-reactive ketones (excluding diaryl/α,β-unsaturated/α-hetero) is 1. The smallest absolute Gasteiger partial charge is 0.170 e. The van der Waals surface area contributed by atoms with Gasteiger partial charge in [0.15, 0.2) is 5.78 Å². The van der Waals surface area contributed by atoms with Crippen LogP contribution in [0.25, 0.3) is 0 Å². The van der Waals surface area contributed by atoms with Gasteiger partial charge in [0, 0.05) is 10.8 Å². The first-order valence-corrected chi connectivity index (χ1v) is 4.62. The molecule has 0 bridgehead atoms. The first kappa shape index (κ1) is 14.1. The number of hydrogen-bond donors (Lipinski definition) is 2. The largest absolute Gasteiger partial charge is 0.549 e. The van der Waals surface area contributed by atoms with Gasteiger partial charge < -0.3 is 20.1 Å². The lowest BCUT2D eigenvalue weighted by molar-refractivity contribution is -0.321. The second-order valence-electron chi connectivity index (χ2n) is 4.82. The molecule has 0 aromatic carbocycles. The van der Waals surface area contributed by atoms with Crippen molar-refractivity contribution in [2.24, 2.45) is 10.8 Å². The molecule has 5 heteroatoms. The van der Waals surface area contributed by atoms with Crippen LogP contribution in [0, 0.1) is 10.8 Å². The van der Waals surface area contributed by atoms with E-state index in [1.54, 1.807) is 0 Å². The van der Waals surface area contributed by atoms with E-state index in [9.17, 15) is 19.8 Å². The van der Waals surface area contributed by atoms with Crippen LogP contribution in [-0.2, 0) is 9.59 Å². The van der Waals surface area contributed by atoms with Crippen LogP contribution in [0.4, 0.5) is 0 Å². The van der Waals surface area contributed by atoms with Crippen LogP contribution in [-0.4, -0.2) is 34.7 Å². The van der Waals surface area contributed by atoms with E-state index in [0.29, 0.717) is 0 Å². The molecule has 5 nitrogen and oxygen atoms in total. The second-order valence-corrected chi connectivity index (χ2v) is 4.82. The van der Waals surface area contributed by atoms with Crippen molar-refractivity contribution in [2.75, 3.05) is 6.61 Å². The summed E-state index contributed by atoms with van der Waals surface area (Å²) in [4.78, 5) is 22.3. The number of carboxylic acid groups (broad SMARTS) is 1. The number of carbonyl (C=O) groups is 2. The van der Waals surface area contributed by atoms with Crippen molar-refractivity contribution in [2.45, 2.75) is 33.8 Å². The fourth-order valence-corrected chi connectivity index (χ4v) is 0.887. The summed E-state index contributed by atoms with van der Waals surface area (Å²) in [5.74, 6) is -2.21. The van der Waals surface area contributed by atoms with Gasteiger partial charge in [-0.1, -0.05) is 27.7 Å². The van der Waals surface area contributed by atoms with Gasteiger partial charge >= 0.3 is 0 Å². The second kappa shape index (κ2) is 4.28. The van der Waals surface area contributed by atoms with Crippen molar-refractivity contribution in [3.63, 3.8) is 0 Å². The van der Waals surface area contributed by atoms with Gasteiger partial charge in [-0.2, -0.15) is 0 Å². The van der Waals surface area contributed by atoms with Gasteiger partial charge in [-0.05, 0) is 0 Å². The van der Waals surface area contributed by atoms with E-state index < -0.39 is 35.3 Å². The van der Waals surface area contributed by atoms with Gasteiger partial charge in [0.25, 0.3) is 0 Å². The monoisotopic (exact) mass is 217 g/mol. The number of ketones is 1. The molecule has 0 saturated carbocycles. The third kappa shape index (κ3) is 2.76. The average Bonchev–Trinajstić information content (AvgIpc) is 2.15. The molecule has 0 rings (SSSR count). The molecule has 0 aliphatic rings. The number of carboxylic acids is 1. The maximum absolute atomic E-state index is 11.6. The maximum Gasteiger partial charge on any atom is 0.170 e. The maximum atomic E-state index is 11.6. The minimum atomic E-state index is -1.69. The summed E-state index contributed by atoms with van der Waals surface area (Å²) in [5, 5.41) is 29.2. The first-order chi connectivity index (χ1) is 6.57. The molecule has 0 heterocycles. The highest BCUT2D eigenvalue weighted by Gasteiger charge is 2.41. The zero-order chi connectivity index (χ0) is 12.4. The number of rotatable bonds is 5. The summed E-state index contributed by atoms with van der Waals surface area (Å²) < 4.78 is 0. The Bertz CT molecular complexity index is 267. The third-order valence-corrected chi connectivity index (χ3v) is 2.52. The summed E-state index contributed by atoms with van der Waals surface area (Å²) >= 11 is 0. The van der Waals surface area contributed by atoms with Crippen LogP contribution in [0.3, 0.4) is 0 Å². The van der Waals surface area contributed by atoms with E-state index in [1.807, 2.05) is 0 Å². The average molecular weight is 217 g/mol. The predicted octanol–water partition coefficient (Wildman–Crippen LogP) is -1.29. The molecule has 0 fully saturated rings. The predicted molar refractivity (Wildman–Crippen MR) is 50.7 cm³/mol. The summed E-state index contributed by atoms with van der Waals surface area (Å²) in [7, 11) is 0. The molecule has 0 spiro atoms. The molecular formula is C10H17O5-. The van der Waals surface area contributed by atoms with Crippen molar-refractivity contribution in [1.82, 2.24) is 0 Å². The lowest BCUT2D eigenvalue weighted by Crippen LogP contribution is -2.52. The van der Waals surface area contributed by atoms with Crippen molar-refractivity contribution in [3.8, 4) is 0 Å². The van der Waals surface area contributed by atoms with Crippen molar-refractivity contribution >= 4 is 11.8 Å². The molecule has 0 aromatic heterocycles. The van der Waals surface area contributed by atoms with E-state index >= 15 is 0 Å². The minimum absolute atomic E-state index is 0.452. The van der Waals surface area contributed by atoms with Crippen LogP contribution in [0.15, 0.2) is 0 Å². The quantitative estimate of drug-likeness (QED) is 0.597. The Hall–Kier alpha value is -0.940. The topological polar surface area (TPSA) is 97.7 Å². The lowest BCUT2D eigenvalue weighted by Gasteiger charge is -2.34. The van der Waals surface area contributed by atoms with Crippen molar-refractivity contribution < 1.29 is 24.9 Å². The van der Waals surface area contributed by atoms with E-state index in [4.69, 9.17) is 5.11 Å². The molecule has 0 aromatic rings. The third-order valence-electron chi connectivity index (χ3n) is 2.52. The molecule has 1 unspecified atom stereocenters. The van der Waals surface area contributed by atoms with E-state index in [2.05, 4.69) is 0 Å². The van der Waals surface area contributed by atoms with Crippen LogP contribution >= 0.6 is 0 Å². The number of hydrogen-bond acceptors (Lipinski definition) is 5. The summed E-state index contributed by atoms with van der Waals surface area (Å²) in [6.07, 6.45) is -1.69. The minimum Gasteiger partial charge on any atom is -0.549 e. The highest BCUT2D eigenvalue weighted by atomic mass is 16.4. The Morgan fingerprint density at radius 1 is 1.27 bits per heavy atom. The normalized spacial score (nSPS) is 14.8. The Balaban J connectivity index is 4.96. The van der Waals surface area contributed by atoms with E-state index in [0.717, 1.165) is 0 Å². The standard InChI is InChI=1S/C10H18O5/c1-9(2,5-11)6(12)7(13)10(3,4)8(14)15/h7,11,13H,5H2,1-4H3,(H,14,15)/p-1. The van der Waals surface area contributed by atoms with Crippen LogP contribution < -0.4 is 5.11 Å². The van der Waals surface area contributed by atoms with Gasteiger partial charge in [0.2, 0.25) is 0 Å². The summed E-state index contributed by atoms with van der Waals surface area (Å²) in [6.45, 7) is 4.83. The molecule has 0 radical (unpaired) electrons. The fourth-order valence-electron chi connectivity index (χ4n) is 0.887. The van der Waals surface area contributed by atoms with Gasteiger partial charge in [0.05, 0.1) is 12.6 Å². The summed E-state index contributed by atoms with van der Waals surface area (Å²) in [5.41, 5.74) is -2.82. The Labute approximate surface area is 88.7 Å². The Morgan fingerprint density at radius 3 is 1.93 bits per heavy atom. The van der Waals surface area contributed by atoms with Gasteiger partial charge in [-0.3, -0.25) is 4.79 Å². The van der Waals surface area contributed by atoms with Gasteiger partial charge in [0.1, 0.15) is 6.10 Å². The van der Waals surface area contributed by atoms with Crippen LogP contribution in [0.1, 0.15) is 27.7 Å². The molecule has 0 aliphatic carbocycles. The molecule has 0 saturated heterocycles. The number of carbonyl (C=O) groups excluding carboxylic acids is 2. The van der Waals surface area contributed by atoms with Gasteiger partial charge in [-0.25, -0.2) is 0 Å². The van der Waals surface area contributed by atoms with E-state index in [-0.39, 0.29) is 0 Å². The highest BCUT2D eigenvalue weighted by Crippen LogP contribution is 2.27. The summed E-state index contributed by atoms with van der Waals surface area (Å²) in [6, 6.07) is 0. The first-order valence-electron chi connectivity index (χ1n) is 4.62. The number of aliphatic carboxylic acids is 1. The Kier molecular flexibility index (Phi) is 4.01. The number of aliphatic hydroxyl groups is 2. The SMILES string of the molecule is CC(C)(CO)C(=O)C(O)C(C)(C)C(=O)[O-]. The van der Waals surface area contributed by atoms with Crippen molar-refractivity contribution in [1.29, 1.82) is 0 Å². The lowest BCUT2D eigenvalue weighted by atomic mass is 9.76. The van der Waals surface area contributed by atoms with Crippen LogP contribution in [0.2, 0.25) is 0 Å². The Morgan fingerprint density at radius 2 is 1.67 bits per heavy atom. The zero-order valence-electron chi connectivity index (χ0n) is 9.40. The molecule has 0 aliphatic heterocycles. The van der Waals surface area contributed by atoms with Gasteiger partial charge in [-0.15, -0.1) is 0 Å². The molecule has 15 heavy (non-hydrogen) atoms. The highest BCUT2D eigenvalue weighted by molar-refractivity contribution is 5.93. The molecule has 0 amide bonds. The molecule has 88 valence electrons. The van der Waals surface area contributed by atoms with Crippen molar-refractivity contribution in [3.05, 3.63) is 0 Å². The molecular weight excluding hydrogens is 200 g/mol. The number of aliphatic hydroxyl groups excluding tert-OH is 2. The molecule has 2 N–H and O–H groups in total. The van der Waals surface area contributed by atoms with Crippen LogP contribution in [0.5, 0.6) is 0 Å². The fraction of sp³-hybridized carbons (Fsp3) is 0.800. The zero-order valence-corrected chi connectivity index (χ0v) is 9.40. The van der Waals surface area contributed by atoms with E-state index in [1.165, 1.54) is 27.7 Å². The molecule has 1 atom stereocenters.